The van der Waals surface area contributed by atoms with Gasteiger partial charge in [0.2, 0.25) is 5.95 Å². The number of amides is 1. The van der Waals surface area contributed by atoms with Gasteiger partial charge in [0.25, 0.3) is 0 Å². The first kappa shape index (κ1) is 20.0. The molecule has 1 aliphatic heterocycles. The zero-order chi connectivity index (χ0) is 23.1. The number of H-pyrrole nitrogens is 2. The van der Waals surface area contributed by atoms with Crippen molar-refractivity contribution < 1.29 is 14.3 Å². The normalized spacial score (nSPS) is 13.4. The number of carbonyl (C=O) groups is 1. The molecule has 0 bridgehead atoms. The number of benzene rings is 2. The maximum Gasteiger partial charge on any atom is 0.413 e. The van der Waals surface area contributed by atoms with E-state index in [0.717, 1.165) is 56.9 Å². The summed E-state index contributed by atoms with van der Waals surface area (Å²) >= 11 is 0. The Hall–Kier alpha value is -4.60. The van der Waals surface area contributed by atoms with Crippen LogP contribution in [0.4, 0.5) is 16.6 Å². The number of aromatic nitrogens is 5. The third kappa shape index (κ3) is 3.54. The Labute approximate surface area is 194 Å². The van der Waals surface area contributed by atoms with Crippen LogP contribution in [-0.4, -0.2) is 51.3 Å². The number of aromatic amines is 2. The number of nitrogens with zero attached hydrogens (tertiary/aromatic N) is 4. The van der Waals surface area contributed by atoms with Crippen LogP contribution in [0.2, 0.25) is 0 Å². The maximum atomic E-state index is 11.5. The Kier molecular flexibility index (Phi) is 4.76. The van der Waals surface area contributed by atoms with Crippen LogP contribution in [-0.2, 0) is 11.3 Å². The lowest BCUT2D eigenvalue weighted by atomic mass is 10.0. The Morgan fingerprint density at radius 1 is 1.15 bits per heavy atom. The fourth-order valence-corrected chi connectivity index (χ4v) is 4.26. The van der Waals surface area contributed by atoms with E-state index in [2.05, 4.69) is 52.0 Å². The number of nitrogens with one attached hydrogen (secondary N) is 3. The molecule has 3 N–H and O–H groups in total. The molecule has 4 heterocycles. The highest BCUT2D eigenvalue weighted by atomic mass is 16.5. The first-order valence-corrected chi connectivity index (χ1v) is 10.8. The molecule has 6 rings (SSSR count). The van der Waals surface area contributed by atoms with Crippen LogP contribution in [0.1, 0.15) is 5.56 Å². The zero-order valence-electron chi connectivity index (χ0n) is 18.3. The van der Waals surface area contributed by atoms with Gasteiger partial charge < -0.3 is 24.3 Å². The molecule has 0 spiro atoms. The lowest BCUT2D eigenvalue weighted by Crippen LogP contribution is -2.26. The van der Waals surface area contributed by atoms with Crippen LogP contribution >= 0.6 is 0 Å². The highest BCUT2D eigenvalue weighted by Crippen LogP contribution is 2.33. The van der Waals surface area contributed by atoms with Crippen LogP contribution < -0.4 is 15.0 Å². The molecule has 5 aromatic rings. The summed E-state index contributed by atoms with van der Waals surface area (Å²) in [4.78, 5) is 33.2. The number of anilines is 2. The van der Waals surface area contributed by atoms with Gasteiger partial charge in [0.05, 0.1) is 30.1 Å². The van der Waals surface area contributed by atoms with E-state index in [9.17, 15) is 4.79 Å². The van der Waals surface area contributed by atoms with E-state index in [-0.39, 0.29) is 0 Å². The highest BCUT2D eigenvalue weighted by molar-refractivity contribution is 5.89. The molecule has 170 valence electrons. The van der Waals surface area contributed by atoms with Crippen molar-refractivity contribution in [2.45, 2.75) is 6.54 Å². The number of hydrogen-bond donors (Lipinski definition) is 3. The number of methoxy groups -OCH3 is 1. The summed E-state index contributed by atoms with van der Waals surface area (Å²) in [7, 11) is 1.31. The van der Waals surface area contributed by atoms with Gasteiger partial charge in [-0.05, 0) is 41.5 Å². The van der Waals surface area contributed by atoms with Crippen molar-refractivity contribution in [3.05, 3.63) is 60.6 Å². The number of imidazole rings is 1. The molecule has 1 aliphatic rings. The predicted octanol–water partition coefficient (Wildman–Crippen LogP) is 4.08. The van der Waals surface area contributed by atoms with E-state index in [1.807, 2.05) is 36.5 Å². The van der Waals surface area contributed by atoms with Crippen molar-refractivity contribution >= 4 is 39.9 Å². The third-order valence-corrected chi connectivity index (χ3v) is 5.89. The fourth-order valence-electron chi connectivity index (χ4n) is 4.26. The van der Waals surface area contributed by atoms with Gasteiger partial charge in [-0.15, -0.1) is 0 Å². The molecule has 0 aliphatic carbocycles. The Morgan fingerprint density at radius 3 is 2.94 bits per heavy atom. The smallest absolute Gasteiger partial charge is 0.413 e. The predicted molar refractivity (Wildman–Crippen MR) is 128 cm³/mol. The Bertz CT molecular complexity index is 1520. The summed E-state index contributed by atoms with van der Waals surface area (Å²) in [5.41, 5.74) is 5.53. The van der Waals surface area contributed by atoms with Gasteiger partial charge in [-0.1, -0.05) is 12.1 Å². The zero-order valence-corrected chi connectivity index (χ0v) is 18.3. The van der Waals surface area contributed by atoms with Crippen LogP contribution in [0, 0.1) is 0 Å². The molecule has 34 heavy (non-hydrogen) atoms. The minimum Gasteiger partial charge on any atom is -0.491 e. The van der Waals surface area contributed by atoms with Crippen molar-refractivity contribution in [1.29, 1.82) is 0 Å². The average molecular weight is 455 g/mol. The molecule has 0 unspecified atom stereocenters. The number of rotatable bonds is 3. The van der Waals surface area contributed by atoms with Gasteiger partial charge in [0.1, 0.15) is 30.1 Å². The van der Waals surface area contributed by atoms with Crippen LogP contribution in [0.3, 0.4) is 0 Å². The van der Waals surface area contributed by atoms with E-state index in [0.29, 0.717) is 19.1 Å². The molecular weight excluding hydrogens is 434 g/mol. The molecular formula is C24H21N7O3. The maximum absolute atomic E-state index is 11.5. The van der Waals surface area contributed by atoms with E-state index in [4.69, 9.17) is 4.74 Å². The summed E-state index contributed by atoms with van der Waals surface area (Å²) in [6.45, 7) is 1.95. The minimum absolute atomic E-state index is 0.339. The van der Waals surface area contributed by atoms with Gasteiger partial charge >= 0.3 is 6.09 Å². The SMILES string of the molecule is COC(=O)Nc1nc2ccc(-c3ccc4c(c3)CN(c3ncnc5[nH]ccc35)CCO4)cc2[nH]1. The second-order valence-corrected chi connectivity index (χ2v) is 7.96. The summed E-state index contributed by atoms with van der Waals surface area (Å²) in [5.74, 6) is 2.10. The van der Waals surface area contributed by atoms with E-state index < -0.39 is 6.09 Å². The summed E-state index contributed by atoms with van der Waals surface area (Å²) in [6.07, 6.45) is 2.89. The number of carbonyl (C=O) groups excluding carboxylic acids is 1. The number of fused-ring (bicyclic) bond motifs is 3. The molecule has 0 fully saturated rings. The quantitative estimate of drug-likeness (QED) is 0.375. The van der Waals surface area contributed by atoms with Gasteiger partial charge in [0, 0.05) is 18.3 Å². The molecule has 2 aromatic carbocycles. The molecule has 10 nitrogen and oxygen atoms in total. The lowest BCUT2D eigenvalue weighted by Gasteiger charge is -2.21. The Morgan fingerprint density at radius 2 is 2.03 bits per heavy atom. The third-order valence-electron chi connectivity index (χ3n) is 5.89. The van der Waals surface area contributed by atoms with E-state index >= 15 is 0 Å². The monoisotopic (exact) mass is 455 g/mol. The molecule has 0 saturated carbocycles. The van der Waals surface area contributed by atoms with Gasteiger partial charge in [-0.2, -0.15) is 0 Å². The average Bonchev–Trinajstić information content (AvgIpc) is 3.44. The van der Waals surface area contributed by atoms with Crippen molar-refractivity contribution in [1.82, 2.24) is 24.9 Å². The summed E-state index contributed by atoms with van der Waals surface area (Å²) < 4.78 is 10.7. The van der Waals surface area contributed by atoms with E-state index in [1.54, 1.807) is 6.33 Å². The van der Waals surface area contributed by atoms with Crippen LogP contribution in [0.15, 0.2) is 55.0 Å². The second-order valence-electron chi connectivity index (χ2n) is 7.96. The van der Waals surface area contributed by atoms with Crippen molar-refractivity contribution in [2.75, 3.05) is 30.5 Å². The van der Waals surface area contributed by atoms with Gasteiger partial charge in [-0.3, -0.25) is 5.32 Å². The number of hydrogen-bond acceptors (Lipinski definition) is 7. The van der Waals surface area contributed by atoms with E-state index in [1.165, 1.54) is 7.11 Å². The molecule has 0 atom stereocenters. The Balaban J connectivity index is 1.33. The summed E-state index contributed by atoms with van der Waals surface area (Å²) in [5, 5.41) is 3.55. The topological polar surface area (TPSA) is 121 Å². The first-order chi connectivity index (χ1) is 16.7. The largest absolute Gasteiger partial charge is 0.491 e. The van der Waals surface area contributed by atoms with Crippen molar-refractivity contribution in [3.63, 3.8) is 0 Å². The number of ether oxygens (including phenoxy) is 2. The highest BCUT2D eigenvalue weighted by Gasteiger charge is 2.20. The summed E-state index contributed by atoms with van der Waals surface area (Å²) in [6, 6.07) is 14.1. The first-order valence-electron chi connectivity index (χ1n) is 10.8. The molecule has 0 saturated heterocycles. The second kappa shape index (κ2) is 8.07. The molecule has 0 radical (unpaired) electrons. The van der Waals surface area contributed by atoms with Gasteiger partial charge in [0.15, 0.2) is 0 Å². The van der Waals surface area contributed by atoms with Crippen LogP contribution in [0.5, 0.6) is 5.75 Å². The van der Waals surface area contributed by atoms with Crippen LogP contribution in [0.25, 0.3) is 33.2 Å². The standard InChI is InChI=1S/C24H21N7O3/c1-33-24(32)30-23-28-18-4-2-15(11-19(18)29-23)14-3-5-20-16(10-14)12-31(8-9-34-20)22-17-6-7-25-21(17)26-13-27-22/h2-7,10-11,13H,8-9,12H2,1H3,(H,25,26,27)(H2,28,29,30,32). The molecule has 1 amide bonds. The molecule has 3 aromatic heterocycles. The van der Waals surface area contributed by atoms with Crippen molar-refractivity contribution in [2.24, 2.45) is 0 Å². The lowest BCUT2D eigenvalue weighted by molar-refractivity contribution is 0.186. The molecule has 10 heteroatoms. The fraction of sp³-hybridized carbons (Fsp3) is 0.167. The van der Waals surface area contributed by atoms with Gasteiger partial charge in [-0.25, -0.2) is 19.7 Å². The van der Waals surface area contributed by atoms with Crippen molar-refractivity contribution in [3.8, 4) is 16.9 Å². The minimum atomic E-state index is -0.574.